The van der Waals surface area contributed by atoms with Crippen LogP contribution < -0.4 is 0 Å². The van der Waals surface area contributed by atoms with Crippen molar-refractivity contribution in [3.05, 3.63) is 11.6 Å². The predicted molar refractivity (Wildman–Crippen MR) is 75.6 cm³/mol. The summed E-state index contributed by atoms with van der Waals surface area (Å²) in [6.07, 6.45) is 4.81. The highest BCUT2D eigenvalue weighted by Gasteiger charge is 2.34. The van der Waals surface area contributed by atoms with E-state index in [1.54, 1.807) is 5.57 Å². The molecule has 16 heavy (non-hydrogen) atoms. The Hall–Kier alpha value is -0.260. The zero-order valence-corrected chi connectivity index (χ0v) is 12.7. The Morgan fingerprint density at radius 3 is 1.94 bits per heavy atom. The Morgan fingerprint density at radius 1 is 1.12 bits per heavy atom. The Labute approximate surface area is 104 Å². The molecular weight excluding hydrogens is 192 g/mol. The quantitative estimate of drug-likeness (QED) is 0.509. The van der Waals surface area contributed by atoms with Crippen LogP contribution in [0.4, 0.5) is 0 Å². The van der Waals surface area contributed by atoms with Crippen molar-refractivity contribution < 1.29 is 0 Å². The molecule has 0 aromatic rings. The molecule has 3 unspecified atom stereocenters. The Morgan fingerprint density at radius 2 is 1.62 bits per heavy atom. The summed E-state index contributed by atoms with van der Waals surface area (Å²) in [5.74, 6) is 2.31. The van der Waals surface area contributed by atoms with Gasteiger partial charge in [-0.05, 0) is 42.9 Å². The topological polar surface area (TPSA) is 0 Å². The molecule has 0 aliphatic heterocycles. The van der Waals surface area contributed by atoms with Crippen molar-refractivity contribution in [2.45, 2.75) is 68.2 Å². The van der Waals surface area contributed by atoms with Crippen molar-refractivity contribution in [1.29, 1.82) is 0 Å². The molecular formula is C16H32. The van der Waals surface area contributed by atoms with Gasteiger partial charge >= 0.3 is 0 Å². The smallest absolute Gasteiger partial charge is 0.00935 e. The second-order valence-corrected chi connectivity index (χ2v) is 5.96. The first-order valence-corrected chi connectivity index (χ1v) is 6.98. The molecule has 96 valence electrons. The molecule has 0 heterocycles. The van der Waals surface area contributed by atoms with Crippen molar-refractivity contribution >= 4 is 0 Å². The van der Waals surface area contributed by atoms with E-state index < -0.39 is 0 Å². The molecule has 0 nitrogen and oxygen atoms in total. The van der Waals surface area contributed by atoms with Gasteiger partial charge in [0.15, 0.2) is 0 Å². The lowest BCUT2D eigenvalue weighted by molar-refractivity contribution is 0.145. The van der Waals surface area contributed by atoms with Gasteiger partial charge in [-0.25, -0.2) is 0 Å². The van der Waals surface area contributed by atoms with Gasteiger partial charge in [0.05, 0.1) is 0 Å². The van der Waals surface area contributed by atoms with E-state index in [4.69, 9.17) is 0 Å². The largest absolute Gasteiger partial charge is 0.0853 e. The van der Waals surface area contributed by atoms with Gasteiger partial charge in [-0.3, -0.25) is 0 Å². The normalized spacial score (nSPS) is 20.7. The van der Waals surface area contributed by atoms with E-state index in [0.29, 0.717) is 5.41 Å². The number of rotatable bonds is 6. The second-order valence-electron chi connectivity index (χ2n) is 5.96. The molecule has 3 atom stereocenters. The van der Waals surface area contributed by atoms with Crippen LogP contribution in [0.1, 0.15) is 68.2 Å². The number of hydrogen-bond donors (Lipinski definition) is 0. The average molecular weight is 224 g/mol. The maximum atomic E-state index is 2.44. The second kappa shape index (κ2) is 6.47. The van der Waals surface area contributed by atoms with Crippen molar-refractivity contribution in [1.82, 2.24) is 0 Å². The highest BCUT2D eigenvalue weighted by Crippen LogP contribution is 2.44. The summed E-state index contributed by atoms with van der Waals surface area (Å²) >= 11 is 0. The van der Waals surface area contributed by atoms with E-state index in [1.165, 1.54) is 6.42 Å². The van der Waals surface area contributed by atoms with Gasteiger partial charge in [0, 0.05) is 0 Å². The van der Waals surface area contributed by atoms with Gasteiger partial charge in [-0.15, -0.1) is 0 Å². The standard InChI is InChI=1S/C16H32/c1-9-11-13(5)16(8,10-2)15(7)14(6)12(3)4/h11-12,14-15H,9-10H2,1-8H3. The minimum atomic E-state index is 0.375. The molecule has 0 rings (SSSR count). The predicted octanol–water partition coefficient (Wildman–Crippen LogP) is 5.69. The molecule has 0 aromatic heterocycles. The van der Waals surface area contributed by atoms with Crippen molar-refractivity contribution in [3.8, 4) is 0 Å². The monoisotopic (exact) mass is 224 g/mol. The fourth-order valence-electron chi connectivity index (χ4n) is 2.66. The fraction of sp³-hybridized carbons (Fsp3) is 0.875. The van der Waals surface area contributed by atoms with Crippen LogP contribution in [0.25, 0.3) is 0 Å². The maximum absolute atomic E-state index is 2.44. The first kappa shape index (κ1) is 15.7. The van der Waals surface area contributed by atoms with Gasteiger partial charge < -0.3 is 0 Å². The molecule has 0 heteroatoms. The third-order valence-corrected chi connectivity index (χ3v) is 4.99. The summed E-state index contributed by atoms with van der Waals surface area (Å²) in [6, 6.07) is 0. The summed E-state index contributed by atoms with van der Waals surface area (Å²) < 4.78 is 0. The lowest BCUT2D eigenvalue weighted by atomic mass is 9.64. The number of allylic oxidation sites excluding steroid dienone is 2. The van der Waals surface area contributed by atoms with Crippen LogP contribution >= 0.6 is 0 Å². The molecule has 0 radical (unpaired) electrons. The zero-order valence-electron chi connectivity index (χ0n) is 12.7. The van der Waals surface area contributed by atoms with Crippen LogP contribution in [0, 0.1) is 23.2 Å². The van der Waals surface area contributed by atoms with E-state index in [-0.39, 0.29) is 0 Å². The molecule has 0 aliphatic carbocycles. The fourth-order valence-corrected chi connectivity index (χ4v) is 2.66. The van der Waals surface area contributed by atoms with E-state index in [2.05, 4.69) is 61.5 Å². The van der Waals surface area contributed by atoms with Crippen molar-refractivity contribution in [2.75, 3.05) is 0 Å². The van der Waals surface area contributed by atoms with Gasteiger partial charge in [-0.1, -0.05) is 60.1 Å². The molecule has 0 saturated carbocycles. The van der Waals surface area contributed by atoms with Crippen LogP contribution in [0.5, 0.6) is 0 Å². The molecule has 0 saturated heterocycles. The van der Waals surface area contributed by atoms with E-state index >= 15 is 0 Å². The lowest BCUT2D eigenvalue weighted by Gasteiger charge is -2.41. The molecule has 0 bridgehead atoms. The third-order valence-electron chi connectivity index (χ3n) is 4.99. The number of hydrogen-bond acceptors (Lipinski definition) is 0. The first-order valence-electron chi connectivity index (χ1n) is 6.98. The highest BCUT2D eigenvalue weighted by atomic mass is 14.4. The molecule has 0 spiro atoms. The Bertz CT molecular complexity index is 224. The minimum Gasteiger partial charge on any atom is -0.0853 e. The van der Waals surface area contributed by atoms with Crippen LogP contribution in [-0.4, -0.2) is 0 Å². The summed E-state index contributed by atoms with van der Waals surface area (Å²) in [7, 11) is 0. The van der Waals surface area contributed by atoms with Gasteiger partial charge in [0.1, 0.15) is 0 Å². The van der Waals surface area contributed by atoms with Crippen molar-refractivity contribution in [3.63, 3.8) is 0 Å². The van der Waals surface area contributed by atoms with E-state index in [1.807, 2.05) is 0 Å². The summed E-state index contributed by atoms with van der Waals surface area (Å²) in [5.41, 5.74) is 1.96. The maximum Gasteiger partial charge on any atom is -0.00935 e. The van der Waals surface area contributed by atoms with Crippen LogP contribution in [-0.2, 0) is 0 Å². The average Bonchev–Trinajstić information content (AvgIpc) is 2.25. The summed E-state index contributed by atoms with van der Waals surface area (Å²) in [6.45, 7) is 18.8. The van der Waals surface area contributed by atoms with E-state index in [9.17, 15) is 0 Å². The van der Waals surface area contributed by atoms with Crippen LogP contribution in [0.2, 0.25) is 0 Å². The van der Waals surface area contributed by atoms with Crippen LogP contribution in [0.3, 0.4) is 0 Å². The molecule has 0 fully saturated rings. The lowest BCUT2D eigenvalue weighted by Crippen LogP contribution is -2.32. The van der Waals surface area contributed by atoms with E-state index in [0.717, 1.165) is 24.2 Å². The minimum absolute atomic E-state index is 0.375. The molecule has 0 aliphatic rings. The van der Waals surface area contributed by atoms with Gasteiger partial charge in [-0.2, -0.15) is 0 Å². The first-order chi connectivity index (χ1) is 7.31. The Balaban J connectivity index is 5.02. The molecule has 0 N–H and O–H groups in total. The van der Waals surface area contributed by atoms with Gasteiger partial charge in [0.25, 0.3) is 0 Å². The highest BCUT2D eigenvalue weighted by molar-refractivity contribution is 5.12. The third kappa shape index (κ3) is 3.37. The van der Waals surface area contributed by atoms with Gasteiger partial charge in [0.2, 0.25) is 0 Å². The van der Waals surface area contributed by atoms with Crippen LogP contribution in [0.15, 0.2) is 11.6 Å². The molecule has 0 amide bonds. The van der Waals surface area contributed by atoms with Crippen molar-refractivity contribution in [2.24, 2.45) is 23.2 Å². The SMILES string of the molecule is CCC=C(C)C(C)(CC)C(C)C(C)C(C)C. The zero-order chi connectivity index (χ0) is 12.9. The summed E-state index contributed by atoms with van der Waals surface area (Å²) in [4.78, 5) is 0. The summed E-state index contributed by atoms with van der Waals surface area (Å²) in [5, 5.41) is 0. The molecule has 0 aromatic carbocycles. The Kier molecular flexibility index (Phi) is 6.36.